The quantitative estimate of drug-likeness (QED) is 0.687. The van der Waals surface area contributed by atoms with Gasteiger partial charge in [-0.15, -0.1) is 10.2 Å². The number of methoxy groups -OCH3 is 1. The molecule has 6 heteroatoms. The Morgan fingerprint density at radius 3 is 2.75 bits per heavy atom. The molecule has 0 aliphatic heterocycles. The van der Waals surface area contributed by atoms with Crippen LogP contribution < -0.4 is 0 Å². The molecule has 1 unspecified atom stereocenters. The van der Waals surface area contributed by atoms with Gasteiger partial charge in [0.2, 0.25) is 11.8 Å². The van der Waals surface area contributed by atoms with Crippen molar-refractivity contribution >= 4 is 5.97 Å². The fourth-order valence-corrected chi connectivity index (χ4v) is 1.44. The monoisotopic (exact) mass is 227 g/mol. The van der Waals surface area contributed by atoms with Crippen molar-refractivity contribution in [1.82, 2.24) is 15.1 Å². The first-order valence-corrected chi connectivity index (χ1v) is 5.08. The van der Waals surface area contributed by atoms with E-state index in [1.165, 1.54) is 7.11 Å². The fraction of sp³-hybridized carbons (Fsp3) is 0.700. The number of hydrogen-bond acceptors (Lipinski definition) is 6. The molecule has 0 aliphatic carbocycles. The van der Waals surface area contributed by atoms with Gasteiger partial charge in [0.25, 0.3) is 0 Å². The summed E-state index contributed by atoms with van der Waals surface area (Å²) in [7, 11) is 3.28. The molecule has 0 aliphatic rings. The third-order valence-corrected chi connectivity index (χ3v) is 2.16. The van der Waals surface area contributed by atoms with Crippen molar-refractivity contribution in [2.75, 3.05) is 20.7 Å². The molecule has 0 N–H and O–H groups in total. The van der Waals surface area contributed by atoms with Crippen LogP contribution in [-0.2, 0) is 16.1 Å². The van der Waals surface area contributed by atoms with E-state index >= 15 is 0 Å². The Hall–Kier alpha value is -1.43. The zero-order chi connectivity index (χ0) is 12.1. The van der Waals surface area contributed by atoms with Crippen molar-refractivity contribution in [3.05, 3.63) is 11.8 Å². The number of carbonyl (C=O) groups excluding carboxylic acids is 1. The Balaban J connectivity index is 2.41. The van der Waals surface area contributed by atoms with E-state index in [2.05, 4.69) is 14.9 Å². The van der Waals surface area contributed by atoms with Crippen molar-refractivity contribution < 1.29 is 13.9 Å². The molecule has 90 valence electrons. The summed E-state index contributed by atoms with van der Waals surface area (Å²) in [5.41, 5.74) is 0. The highest BCUT2D eigenvalue weighted by molar-refractivity contribution is 5.71. The number of hydrogen-bond donors (Lipinski definition) is 0. The van der Waals surface area contributed by atoms with Crippen LogP contribution >= 0.6 is 0 Å². The lowest BCUT2D eigenvalue weighted by atomic mass is 10.2. The van der Waals surface area contributed by atoms with E-state index in [0.717, 1.165) is 0 Å². The molecule has 0 saturated carbocycles. The topological polar surface area (TPSA) is 68.5 Å². The average molecular weight is 227 g/mol. The minimum absolute atomic E-state index is 0.168. The molecule has 1 aromatic heterocycles. The number of ether oxygens (including phenoxy) is 1. The molecule has 0 bridgehead atoms. The zero-order valence-electron chi connectivity index (χ0n) is 10.1. The number of aryl methyl sites for hydroxylation is 1. The summed E-state index contributed by atoms with van der Waals surface area (Å²) in [5.74, 6) is 0.717. The van der Waals surface area contributed by atoms with E-state index in [-0.39, 0.29) is 11.9 Å². The average Bonchev–Trinajstić information content (AvgIpc) is 2.62. The lowest BCUT2D eigenvalue weighted by Gasteiger charge is -2.17. The van der Waals surface area contributed by atoms with Crippen molar-refractivity contribution in [1.29, 1.82) is 0 Å². The van der Waals surface area contributed by atoms with Crippen LogP contribution in [0.1, 0.15) is 18.7 Å². The van der Waals surface area contributed by atoms with Crippen LogP contribution in [0.5, 0.6) is 0 Å². The second-order valence-corrected chi connectivity index (χ2v) is 3.84. The van der Waals surface area contributed by atoms with E-state index in [9.17, 15) is 4.79 Å². The third kappa shape index (κ3) is 3.62. The molecule has 1 heterocycles. The maximum atomic E-state index is 11.2. The van der Waals surface area contributed by atoms with Gasteiger partial charge in [0, 0.05) is 13.5 Å². The standard InChI is InChI=1S/C10H17N3O3/c1-7(10(14)15-4)5-13(3)6-9-12-11-8(2)16-9/h7H,5-6H2,1-4H3. The second-order valence-electron chi connectivity index (χ2n) is 3.84. The van der Waals surface area contributed by atoms with Crippen molar-refractivity contribution in [2.24, 2.45) is 5.92 Å². The smallest absolute Gasteiger partial charge is 0.309 e. The summed E-state index contributed by atoms with van der Waals surface area (Å²) >= 11 is 0. The normalized spacial score (nSPS) is 12.8. The molecule has 0 aromatic carbocycles. The molecule has 1 rings (SSSR count). The summed E-state index contributed by atoms with van der Waals surface area (Å²) in [6.07, 6.45) is 0. The molecular weight excluding hydrogens is 210 g/mol. The predicted octanol–water partition coefficient (Wildman–Crippen LogP) is 0.619. The van der Waals surface area contributed by atoms with Crippen LogP contribution in [0.15, 0.2) is 4.42 Å². The highest BCUT2D eigenvalue weighted by atomic mass is 16.5. The van der Waals surface area contributed by atoms with E-state index in [1.54, 1.807) is 6.92 Å². The van der Waals surface area contributed by atoms with Gasteiger partial charge in [-0.25, -0.2) is 0 Å². The van der Waals surface area contributed by atoms with Crippen LogP contribution in [0.25, 0.3) is 0 Å². The van der Waals surface area contributed by atoms with E-state index in [0.29, 0.717) is 24.9 Å². The third-order valence-electron chi connectivity index (χ3n) is 2.16. The minimum atomic E-state index is -0.214. The first-order chi connectivity index (χ1) is 7.52. The lowest BCUT2D eigenvalue weighted by Crippen LogP contribution is -2.29. The summed E-state index contributed by atoms with van der Waals surface area (Å²) in [6, 6.07) is 0. The van der Waals surface area contributed by atoms with Crippen LogP contribution in [0, 0.1) is 12.8 Å². The summed E-state index contributed by atoms with van der Waals surface area (Å²) < 4.78 is 9.89. The van der Waals surface area contributed by atoms with Gasteiger partial charge in [-0.05, 0) is 7.05 Å². The maximum absolute atomic E-state index is 11.2. The van der Waals surface area contributed by atoms with Crippen LogP contribution in [0.2, 0.25) is 0 Å². The Labute approximate surface area is 94.6 Å². The van der Waals surface area contributed by atoms with Gasteiger partial charge in [0.1, 0.15) is 0 Å². The van der Waals surface area contributed by atoms with Gasteiger partial charge in [-0.3, -0.25) is 9.69 Å². The molecule has 6 nitrogen and oxygen atoms in total. The molecular formula is C10H17N3O3. The molecule has 0 radical (unpaired) electrons. The van der Waals surface area contributed by atoms with Gasteiger partial charge in [-0.2, -0.15) is 0 Å². The van der Waals surface area contributed by atoms with Crippen LogP contribution in [0.3, 0.4) is 0 Å². The maximum Gasteiger partial charge on any atom is 0.309 e. The Morgan fingerprint density at radius 1 is 1.56 bits per heavy atom. The Bertz CT molecular complexity index is 351. The summed E-state index contributed by atoms with van der Waals surface area (Å²) in [5, 5.41) is 7.62. The Kier molecular flexibility index (Phi) is 4.42. The molecule has 0 amide bonds. The number of carbonyl (C=O) groups is 1. The van der Waals surface area contributed by atoms with Gasteiger partial charge in [0.15, 0.2) is 0 Å². The van der Waals surface area contributed by atoms with E-state index in [4.69, 9.17) is 4.42 Å². The van der Waals surface area contributed by atoms with Crippen LogP contribution in [0.4, 0.5) is 0 Å². The number of rotatable bonds is 5. The van der Waals surface area contributed by atoms with E-state index < -0.39 is 0 Å². The van der Waals surface area contributed by atoms with Crippen LogP contribution in [-0.4, -0.2) is 41.8 Å². The molecule has 0 fully saturated rings. The van der Waals surface area contributed by atoms with Gasteiger partial charge in [-0.1, -0.05) is 6.92 Å². The Morgan fingerprint density at radius 2 is 2.25 bits per heavy atom. The number of aromatic nitrogens is 2. The highest BCUT2D eigenvalue weighted by Gasteiger charge is 2.16. The van der Waals surface area contributed by atoms with Crippen molar-refractivity contribution in [3.8, 4) is 0 Å². The molecule has 0 saturated heterocycles. The summed E-state index contributed by atoms with van der Waals surface area (Å²) in [6.45, 7) is 4.69. The first-order valence-electron chi connectivity index (χ1n) is 5.08. The molecule has 1 atom stereocenters. The van der Waals surface area contributed by atoms with Gasteiger partial charge < -0.3 is 9.15 Å². The van der Waals surface area contributed by atoms with Crippen molar-refractivity contribution in [3.63, 3.8) is 0 Å². The predicted molar refractivity (Wildman–Crippen MR) is 56.5 cm³/mol. The van der Waals surface area contributed by atoms with E-state index in [1.807, 2.05) is 18.9 Å². The van der Waals surface area contributed by atoms with Crippen molar-refractivity contribution in [2.45, 2.75) is 20.4 Å². The molecule has 16 heavy (non-hydrogen) atoms. The first kappa shape index (κ1) is 12.6. The fourth-order valence-electron chi connectivity index (χ4n) is 1.44. The SMILES string of the molecule is COC(=O)C(C)CN(C)Cc1nnc(C)o1. The largest absolute Gasteiger partial charge is 0.469 e. The van der Waals surface area contributed by atoms with Gasteiger partial charge in [0.05, 0.1) is 19.6 Å². The summed E-state index contributed by atoms with van der Waals surface area (Å²) in [4.78, 5) is 13.1. The highest BCUT2D eigenvalue weighted by Crippen LogP contribution is 2.05. The second kappa shape index (κ2) is 5.60. The molecule has 1 aromatic rings. The number of nitrogens with zero attached hydrogens (tertiary/aromatic N) is 3. The minimum Gasteiger partial charge on any atom is -0.469 e. The lowest BCUT2D eigenvalue weighted by molar-refractivity contribution is -0.145. The molecule has 0 spiro atoms. The zero-order valence-corrected chi connectivity index (χ0v) is 10.1. The van der Waals surface area contributed by atoms with Gasteiger partial charge >= 0.3 is 5.97 Å². The number of esters is 1.